The number of furan rings is 1. The Kier molecular flexibility index (Phi) is 4.80. The molecule has 0 saturated carbocycles. The van der Waals surface area contributed by atoms with Crippen LogP contribution < -0.4 is 0 Å². The molecule has 1 unspecified atom stereocenters. The first-order chi connectivity index (χ1) is 10.7. The van der Waals surface area contributed by atoms with Crippen molar-refractivity contribution >= 4 is 11.8 Å². The summed E-state index contributed by atoms with van der Waals surface area (Å²) in [7, 11) is 0. The van der Waals surface area contributed by atoms with Crippen molar-refractivity contribution in [3.05, 3.63) is 24.2 Å². The quantitative estimate of drug-likeness (QED) is 0.862. The topological polar surface area (TPSA) is 53.8 Å². The van der Waals surface area contributed by atoms with E-state index in [2.05, 4.69) is 0 Å². The molecule has 22 heavy (non-hydrogen) atoms. The summed E-state index contributed by atoms with van der Waals surface area (Å²) in [4.78, 5) is 28.5. The summed E-state index contributed by atoms with van der Waals surface area (Å²) in [6.45, 7) is 2.69. The first kappa shape index (κ1) is 15.1. The van der Waals surface area contributed by atoms with Gasteiger partial charge in [0, 0.05) is 26.1 Å². The predicted molar refractivity (Wildman–Crippen MR) is 81.9 cm³/mol. The monoisotopic (exact) mass is 304 g/mol. The SMILES string of the molecule is O=C1CC(C(=O)N2CCCCCCC2)CN1Cc1ccco1. The number of hydrogen-bond acceptors (Lipinski definition) is 3. The zero-order valence-corrected chi connectivity index (χ0v) is 13.0. The highest BCUT2D eigenvalue weighted by atomic mass is 16.3. The van der Waals surface area contributed by atoms with Gasteiger partial charge in [-0.3, -0.25) is 9.59 Å². The van der Waals surface area contributed by atoms with Crippen LogP contribution in [-0.4, -0.2) is 41.2 Å². The van der Waals surface area contributed by atoms with Gasteiger partial charge >= 0.3 is 0 Å². The Bertz CT molecular complexity index is 504. The molecule has 5 heteroatoms. The molecular weight excluding hydrogens is 280 g/mol. The van der Waals surface area contributed by atoms with E-state index >= 15 is 0 Å². The fraction of sp³-hybridized carbons (Fsp3) is 0.647. The molecule has 5 nitrogen and oxygen atoms in total. The molecule has 2 saturated heterocycles. The third-order valence-electron chi connectivity index (χ3n) is 4.66. The number of carbonyl (C=O) groups is 2. The van der Waals surface area contributed by atoms with Gasteiger partial charge in [0.05, 0.1) is 18.7 Å². The van der Waals surface area contributed by atoms with E-state index < -0.39 is 0 Å². The molecule has 2 amide bonds. The average Bonchev–Trinajstić information content (AvgIpc) is 3.09. The molecule has 1 aromatic rings. The van der Waals surface area contributed by atoms with Crippen molar-refractivity contribution < 1.29 is 14.0 Å². The van der Waals surface area contributed by atoms with Gasteiger partial charge in [0.1, 0.15) is 5.76 Å². The standard InChI is InChI=1S/C17H24N2O3/c20-16-11-14(12-19(16)13-15-7-6-10-22-15)17(21)18-8-4-2-1-3-5-9-18/h6-7,10,14H,1-5,8-9,11-13H2. The molecule has 0 N–H and O–H groups in total. The molecule has 0 aliphatic carbocycles. The van der Waals surface area contributed by atoms with E-state index in [-0.39, 0.29) is 17.7 Å². The second-order valence-corrected chi connectivity index (χ2v) is 6.35. The van der Waals surface area contributed by atoms with E-state index in [9.17, 15) is 9.59 Å². The van der Waals surface area contributed by atoms with E-state index in [1.807, 2.05) is 17.0 Å². The smallest absolute Gasteiger partial charge is 0.227 e. The molecule has 3 heterocycles. The van der Waals surface area contributed by atoms with Gasteiger partial charge in [-0.25, -0.2) is 0 Å². The predicted octanol–water partition coefficient (Wildman–Crippen LogP) is 2.42. The maximum Gasteiger partial charge on any atom is 0.227 e. The zero-order chi connectivity index (χ0) is 15.4. The summed E-state index contributed by atoms with van der Waals surface area (Å²) in [5.74, 6) is 0.814. The van der Waals surface area contributed by atoms with Crippen LogP contribution in [-0.2, 0) is 16.1 Å². The fourth-order valence-electron chi connectivity index (χ4n) is 3.41. The summed E-state index contributed by atoms with van der Waals surface area (Å²) >= 11 is 0. The highest BCUT2D eigenvalue weighted by Crippen LogP contribution is 2.23. The Morgan fingerprint density at radius 2 is 1.91 bits per heavy atom. The van der Waals surface area contributed by atoms with Crippen LogP contribution in [0.3, 0.4) is 0 Å². The van der Waals surface area contributed by atoms with Crippen molar-refractivity contribution in [3.8, 4) is 0 Å². The number of rotatable bonds is 3. The minimum Gasteiger partial charge on any atom is -0.467 e. The van der Waals surface area contributed by atoms with Gasteiger partial charge in [-0.15, -0.1) is 0 Å². The second kappa shape index (κ2) is 6.99. The van der Waals surface area contributed by atoms with Crippen LogP contribution in [0.2, 0.25) is 0 Å². The number of likely N-dealkylation sites (tertiary alicyclic amines) is 2. The minimum atomic E-state index is -0.179. The highest BCUT2D eigenvalue weighted by Gasteiger charge is 2.36. The van der Waals surface area contributed by atoms with E-state index in [0.717, 1.165) is 31.7 Å². The van der Waals surface area contributed by atoms with E-state index in [1.54, 1.807) is 11.2 Å². The molecule has 2 aliphatic heterocycles. The van der Waals surface area contributed by atoms with Crippen LogP contribution in [0.4, 0.5) is 0 Å². The van der Waals surface area contributed by atoms with Gasteiger partial charge in [0.2, 0.25) is 11.8 Å². The van der Waals surface area contributed by atoms with Crippen LogP contribution in [0.25, 0.3) is 0 Å². The van der Waals surface area contributed by atoms with Crippen molar-refractivity contribution in [3.63, 3.8) is 0 Å². The Labute approximate surface area is 131 Å². The number of hydrogen-bond donors (Lipinski definition) is 0. The molecule has 2 aliphatic rings. The highest BCUT2D eigenvalue weighted by molar-refractivity contribution is 5.89. The molecular formula is C17H24N2O3. The molecule has 3 rings (SSSR count). The molecule has 120 valence electrons. The lowest BCUT2D eigenvalue weighted by Gasteiger charge is -2.27. The number of amides is 2. The zero-order valence-electron chi connectivity index (χ0n) is 13.0. The summed E-state index contributed by atoms with van der Waals surface area (Å²) in [6, 6.07) is 3.68. The fourth-order valence-corrected chi connectivity index (χ4v) is 3.41. The maximum atomic E-state index is 12.7. The van der Waals surface area contributed by atoms with Crippen LogP contribution in [0.5, 0.6) is 0 Å². The summed E-state index contributed by atoms with van der Waals surface area (Å²) in [6.07, 6.45) is 7.82. The van der Waals surface area contributed by atoms with Crippen molar-refractivity contribution in [1.82, 2.24) is 9.80 Å². The molecule has 0 spiro atoms. The summed E-state index contributed by atoms with van der Waals surface area (Å²) in [5.41, 5.74) is 0. The number of carbonyl (C=O) groups excluding carboxylic acids is 2. The molecule has 0 bridgehead atoms. The molecule has 1 atom stereocenters. The first-order valence-electron chi connectivity index (χ1n) is 8.33. The molecule has 0 radical (unpaired) electrons. The Hall–Kier alpha value is -1.78. The maximum absolute atomic E-state index is 12.7. The van der Waals surface area contributed by atoms with Crippen LogP contribution in [0.1, 0.15) is 44.3 Å². The lowest BCUT2D eigenvalue weighted by Crippen LogP contribution is -2.39. The van der Waals surface area contributed by atoms with Crippen LogP contribution >= 0.6 is 0 Å². The van der Waals surface area contributed by atoms with Crippen molar-refractivity contribution in [2.75, 3.05) is 19.6 Å². The van der Waals surface area contributed by atoms with Crippen LogP contribution in [0.15, 0.2) is 22.8 Å². The van der Waals surface area contributed by atoms with Crippen molar-refractivity contribution in [2.24, 2.45) is 5.92 Å². The average molecular weight is 304 g/mol. The Morgan fingerprint density at radius 1 is 1.18 bits per heavy atom. The normalized spacial score (nSPS) is 23.5. The number of nitrogens with zero attached hydrogens (tertiary/aromatic N) is 2. The van der Waals surface area contributed by atoms with Gasteiger partial charge in [0.25, 0.3) is 0 Å². The van der Waals surface area contributed by atoms with Gasteiger partial charge < -0.3 is 14.2 Å². The van der Waals surface area contributed by atoms with E-state index in [4.69, 9.17) is 4.42 Å². The minimum absolute atomic E-state index is 0.0572. The third-order valence-corrected chi connectivity index (χ3v) is 4.66. The van der Waals surface area contributed by atoms with Gasteiger partial charge in [-0.05, 0) is 25.0 Å². The lowest BCUT2D eigenvalue weighted by atomic mass is 10.0. The molecule has 1 aromatic heterocycles. The van der Waals surface area contributed by atoms with Crippen molar-refractivity contribution in [2.45, 2.75) is 45.1 Å². The van der Waals surface area contributed by atoms with E-state index in [1.165, 1.54) is 19.3 Å². The van der Waals surface area contributed by atoms with Gasteiger partial charge in [0.15, 0.2) is 0 Å². The second-order valence-electron chi connectivity index (χ2n) is 6.35. The summed E-state index contributed by atoms with van der Waals surface area (Å²) < 4.78 is 5.30. The molecule has 2 fully saturated rings. The Balaban J connectivity index is 1.58. The largest absolute Gasteiger partial charge is 0.467 e. The summed E-state index contributed by atoms with van der Waals surface area (Å²) in [5, 5.41) is 0. The van der Waals surface area contributed by atoms with Crippen LogP contribution in [0, 0.1) is 5.92 Å². The third kappa shape index (κ3) is 3.51. The van der Waals surface area contributed by atoms with E-state index in [0.29, 0.717) is 19.5 Å². The lowest BCUT2D eigenvalue weighted by molar-refractivity contribution is -0.136. The van der Waals surface area contributed by atoms with Gasteiger partial charge in [-0.2, -0.15) is 0 Å². The molecule has 0 aromatic carbocycles. The van der Waals surface area contributed by atoms with Gasteiger partial charge in [-0.1, -0.05) is 19.3 Å². The van der Waals surface area contributed by atoms with Crippen molar-refractivity contribution in [1.29, 1.82) is 0 Å². The Morgan fingerprint density at radius 3 is 2.59 bits per heavy atom. The first-order valence-corrected chi connectivity index (χ1v) is 8.33.